The SMILES string of the molecule is CC(C)C(CNC1CC2CCC(C1)N2C)C(C)C. The molecule has 2 heteroatoms. The van der Waals surface area contributed by atoms with Crippen molar-refractivity contribution in [3.8, 4) is 0 Å². The van der Waals surface area contributed by atoms with E-state index in [0.717, 1.165) is 35.9 Å². The normalized spacial score (nSPS) is 33.0. The number of fused-ring (bicyclic) bond motifs is 2. The van der Waals surface area contributed by atoms with E-state index in [2.05, 4.69) is 45.0 Å². The molecule has 0 spiro atoms. The van der Waals surface area contributed by atoms with Crippen molar-refractivity contribution < 1.29 is 0 Å². The zero-order valence-corrected chi connectivity index (χ0v) is 12.9. The van der Waals surface area contributed by atoms with Gasteiger partial charge in [0.25, 0.3) is 0 Å². The summed E-state index contributed by atoms with van der Waals surface area (Å²) in [6.45, 7) is 10.7. The van der Waals surface area contributed by atoms with E-state index < -0.39 is 0 Å². The molecule has 0 radical (unpaired) electrons. The fraction of sp³-hybridized carbons (Fsp3) is 1.00. The Morgan fingerprint density at radius 1 is 1.00 bits per heavy atom. The van der Waals surface area contributed by atoms with Gasteiger partial charge in [0.1, 0.15) is 0 Å². The maximum Gasteiger partial charge on any atom is 0.0111 e. The molecule has 0 aromatic rings. The molecule has 2 nitrogen and oxygen atoms in total. The Bertz CT molecular complexity index is 240. The maximum atomic E-state index is 3.88. The van der Waals surface area contributed by atoms with Crippen molar-refractivity contribution in [3.05, 3.63) is 0 Å². The number of nitrogens with zero attached hydrogens (tertiary/aromatic N) is 1. The second-order valence-corrected chi connectivity index (χ2v) is 7.28. The van der Waals surface area contributed by atoms with Crippen LogP contribution in [0.4, 0.5) is 0 Å². The van der Waals surface area contributed by atoms with Gasteiger partial charge in [-0.05, 0) is 57.0 Å². The van der Waals surface area contributed by atoms with Crippen LogP contribution in [0.2, 0.25) is 0 Å². The van der Waals surface area contributed by atoms with E-state index in [4.69, 9.17) is 0 Å². The number of nitrogens with one attached hydrogen (secondary N) is 1. The molecule has 2 rings (SSSR count). The highest BCUT2D eigenvalue weighted by molar-refractivity contribution is 4.96. The topological polar surface area (TPSA) is 15.3 Å². The minimum absolute atomic E-state index is 0.777. The third-order valence-corrected chi connectivity index (χ3v) is 5.45. The number of piperidine rings is 1. The van der Waals surface area contributed by atoms with Crippen LogP contribution in [0.25, 0.3) is 0 Å². The van der Waals surface area contributed by atoms with E-state index in [1.807, 2.05) is 0 Å². The zero-order chi connectivity index (χ0) is 13.3. The molecule has 2 atom stereocenters. The molecule has 0 amide bonds. The monoisotopic (exact) mass is 252 g/mol. The van der Waals surface area contributed by atoms with Crippen molar-refractivity contribution in [3.63, 3.8) is 0 Å². The van der Waals surface area contributed by atoms with Crippen LogP contribution < -0.4 is 5.32 Å². The molecule has 2 fully saturated rings. The van der Waals surface area contributed by atoms with E-state index in [0.29, 0.717) is 0 Å². The van der Waals surface area contributed by atoms with Gasteiger partial charge >= 0.3 is 0 Å². The predicted octanol–water partition coefficient (Wildman–Crippen LogP) is 3.13. The van der Waals surface area contributed by atoms with Crippen LogP contribution >= 0.6 is 0 Å². The summed E-state index contributed by atoms with van der Waals surface area (Å²) in [5, 5.41) is 3.88. The van der Waals surface area contributed by atoms with Crippen molar-refractivity contribution in [2.24, 2.45) is 17.8 Å². The van der Waals surface area contributed by atoms with Gasteiger partial charge in [-0.1, -0.05) is 27.7 Å². The number of rotatable bonds is 5. The molecule has 1 N–H and O–H groups in total. The number of hydrogen-bond donors (Lipinski definition) is 1. The Labute approximate surface area is 114 Å². The lowest BCUT2D eigenvalue weighted by Gasteiger charge is -2.38. The van der Waals surface area contributed by atoms with Gasteiger partial charge in [0.15, 0.2) is 0 Å². The van der Waals surface area contributed by atoms with Crippen LogP contribution in [0.1, 0.15) is 53.4 Å². The van der Waals surface area contributed by atoms with Gasteiger partial charge in [-0.3, -0.25) is 0 Å². The van der Waals surface area contributed by atoms with Crippen molar-refractivity contribution in [1.29, 1.82) is 0 Å². The summed E-state index contributed by atoms with van der Waals surface area (Å²) in [5.74, 6) is 2.41. The van der Waals surface area contributed by atoms with E-state index in [1.54, 1.807) is 0 Å². The quantitative estimate of drug-likeness (QED) is 0.809. The Morgan fingerprint density at radius 2 is 1.50 bits per heavy atom. The fourth-order valence-corrected chi connectivity index (χ4v) is 4.12. The summed E-state index contributed by atoms with van der Waals surface area (Å²) in [6.07, 6.45) is 5.60. The highest BCUT2D eigenvalue weighted by Crippen LogP contribution is 2.34. The summed E-state index contributed by atoms with van der Waals surface area (Å²) < 4.78 is 0. The van der Waals surface area contributed by atoms with Crippen molar-refractivity contribution in [2.75, 3.05) is 13.6 Å². The molecule has 0 aromatic heterocycles. The second-order valence-electron chi connectivity index (χ2n) is 7.28. The van der Waals surface area contributed by atoms with E-state index >= 15 is 0 Å². The lowest BCUT2D eigenvalue weighted by molar-refractivity contribution is 0.141. The molecule has 2 unspecified atom stereocenters. The highest BCUT2D eigenvalue weighted by atomic mass is 15.2. The van der Waals surface area contributed by atoms with Crippen LogP contribution in [0, 0.1) is 17.8 Å². The number of hydrogen-bond acceptors (Lipinski definition) is 2. The molecule has 0 saturated carbocycles. The van der Waals surface area contributed by atoms with E-state index in [-0.39, 0.29) is 0 Å². The molecule has 0 aliphatic carbocycles. The van der Waals surface area contributed by atoms with Crippen LogP contribution in [0.3, 0.4) is 0 Å². The second kappa shape index (κ2) is 5.92. The molecule has 2 bridgehead atoms. The zero-order valence-electron chi connectivity index (χ0n) is 12.9. The van der Waals surface area contributed by atoms with Crippen molar-refractivity contribution in [2.45, 2.75) is 71.5 Å². The fourth-order valence-electron chi connectivity index (χ4n) is 4.12. The lowest BCUT2D eigenvalue weighted by atomic mass is 9.85. The molecule has 18 heavy (non-hydrogen) atoms. The van der Waals surface area contributed by atoms with Gasteiger partial charge in [0, 0.05) is 18.1 Å². The molecule has 2 aliphatic rings. The van der Waals surface area contributed by atoms with Crippen LogP contribution in [0.5, 0.6) is 0 Å². The minimum atomic E-state index is 0.777. The molecule has 106 valence electrons. The summed E-state index contributed by atoms with van der Waals surface area (Å²) in [4.78, 5) is 2.63. The smallest absolute Gasteiger partial charge is 0.0111 e. The maximum absolute atomic E-state index is 3.88. The Kier molecular flexibility index (Phi) is 4.71. The van der Waals surface area contributed by atoms with Crippen molar-refractivity contribution >= 4 is 0 Å². The molecule has 0 aromatic carbocycles. The minimum Gasteiger partial charge on any atom is -0.314 e. The first kappa shape index (κ1) is 14.3. The molecular formula is C16H32N2. The standard InChI is InChI=1S/C16H32N2/c1-11(2)16(12(3)4)10-17-13-8-14-6-7-15(9-13)18(14)5/h11-17H,6-10H2,1-5H3. The molecular weight excluding hydrogens is 220 g/mol. The summed E-state index contributed by atoms with van der Waals surface area (Å²) >= 11 is 0. The summed E-state index contributed by atoms with van der Waals surface area (Å²) in [6, 6.07) is 2.49. The first-order valence-corrected chi connectivity index (χ1v) is 7.94. The third kappa shape index (κ3) is 3.08. The van der Waals surface area contributed by atoms with Gasteiger partial charge in [-0.15, -0.1) is 0 Å². The first-order chi connectivity index (χ1) is 8.49. The summed E-state index contributed by atoms with van der Waals surface area (Å²) in [5.41, 5.74) is 0. The van der Waals surface area contributed by atoms with Gasteiger partial charge < -0.3 is 10.2 Å². The largest absolute Gasteiger partial charge is 0.314 e. The van der Waals surface area contributed by atoms with Crippen LogP contribution in [-0.2, 0) is 0 Å². The average Bonchev–Trinajstić information content (AvgIpc) is 2.51. The Morgan fingerprint density at radius 3 is 1.94 bits per heavy atom. The van der Waals surface area contributed by atoms with Gasteiger partial charge in [0.2, 0.25) is 0 Å². The third-order valence-electron chi connectivity index (χ3n) is 5.45. The molecule has 2 aliphatic heterocycles. The average molecular weight is 252 g/mol. The molecule has 2 heterocycles. The predicted molar refractivity (Wildman–Crippen MR) is 78.8 cm³/mol. The first-order valence-electron chi connectivity index (χ1n) is 7.94. The van der Waals surface area contributed by atoms with E-state index in [9.17, 15) is 0 Å². The Hall–Kier alpha value is -0.0800. The van der Waals surface area contributed by atoms with Gasteiger partial charge in [0.05, 0.1) is 0 Å². The molecule has 2 saturated heterocycles. The van der Waals surface area contributed by atoms with Gasteiger partial charge in [-0.2, -0.15) is 0 Å². The lowest BCUT2D eigenvalue weighted by Crippen LogP contribution is -2.48. The van der Waals surface area contributed by atoms with Gasteiger partial charge in [-0.25, -0.2) is 0 Å². The Balaban J connectivity index is 1.81. The highest BCUT2D eigenvalue weighted by Gasteiger charge is 2.38. The van der Waals surface area contributed by atoms with Crippen LogP contribution in [0.15, 0.2) is 0 Å². The summed E-state index contributed by atoms with van der Waals surface area (Å²) in [7, 11) is 2.32. The van der Waals surface area contributed by atoms with Crippen molar-refractivity contribution in [1.82, 2.24) is 10.2 Å². The van der Waals surface area contributed by atoms with E-state index in [1.165, 1.54) is 32.2 Å². The van der Waals surface area contributed by atoms with Crippen LogP contribution in [-0.4, -0.2) is 36.6 Å².